The van der Waals surface area contributed by atoms with Crippen molar-refractivity contribution in [3.8, 4) is 0 Å². The van der Waals surface area contributed by atoms with Gasteiger partial charge in [-0.05, 0) is 12.3 Å². The van der Waals surface area contributed by atoms with Crippen molar-refractivity contribution in [2.75, 3.05) is 5.88 Å². The predicted molar refractivity (Wildman–Crippen MR) is 40.7 cm³/mol. The van der Waals surface area contributed by atoms with E-state index in [4.69, 9.17) is 0 Å². The fourth-order valence-corrected chi connectivity index (χ4v) is 1.09. The standard InChI is InChI=1S/C4H7NS.C2H6/c1-4-2-6-3-5-4;1-2/h2,5H,3H2,1H3;1-2H3. The molecule has 0 fully saturated rings. The Labute approximate surface area is 55.5 Å². The first-order valence-electron chi connectivity index (χ1n) is 2.92. The van der Waals surface area contributed by atoms with Crippen molar-refractivity contribution in [2.24, 2.45) is 0 Å². The average Bonchev–Trinajstić information content (AvgIpc) is 2.24. The molecule has 0 radical (unpaired) electrons. The van der Waals surface area contributed by atoms with E-state index >= 15 is 0 Å². The van der Waals surface area contributed by atoms with Gasteiger partial charge in [-0.15, -0.1) is 11.8 Å². The van der Waals surface area contributed by atoms with Crippen LogP contribution in [0.3, 0.4) is 0 Å². The monoisotopic (exact) mass is 131 g/mol. The van der Waals surface area contributed by atoms with Crippen molar-refractivity contribution in [2.45, 2.75) is 20.8 Å². The zero-order chi connectivity index (χ0) is 6.41. The normalized spacial score (nSPS) is 15.6. The quantitative estimate of drug-likeness (QED) is 0.540. The van der Waals surface area contributed by atoms with Gasteiger partial charge in [-0.2, -0.15) is 0 Å². The van der Waals surface area contributed by atoms with Crippen LogP contribution in [0.4, 0.5) is 0 Å². The fraction of sp³-hybridized carbons (Fsp3) is 0.667. The summed E-state index contributed by atoms with van der Waals surface area (Å²) in [5.41, 5.74) is 1.29. The molecule has 0 saturated carbocycles. The molecule has 0 amide bonds. The number of allylic oxidation sites excluding steroid dienone is 1. The van der Waals surface area contributed by atoms with Gasteiger partial charge in [0.25, 0.3) is 0 Å². The Morgan fingerprint density at radius 1 is 1.62 bits per heavy atom. The zero-order valence-corrected chi connectivity index (χ0v) is 6.51. The minimum absolute atomic E-state index is 1.06. The van der Waals surface area contributed by atoms with Gasteiger partial charge in [0.1, 0.15) is 0 Å². The van der Waals surface area contributed by atoms with E-state index in [1.165, 1.54) is 5.70 Å². The lowest BCUT2D eigenvalue weighted by Crippen LogP contribution is -2.01. The molecule has 1 aliphatic rings. The van der Waals surface area contributed by atoms with Crippen LogP contribution in [-0.4, -0.2) is 5.88 Å². The molecule has 0 aromatic carbocycles. The Morgan fingerprint density at radius 2 is 2.25 bits per heavy atom. The van der Waals surface area contributed by atoms with Crippen LogP contribution in [0.25, 0.3) is 0 Å². The van der Waals surface area contributed by atoms with Crippen LogP contribution < -0.4 is 5.32 Å². The summed E-state index contributed by atoms with van der Waals surface area (Å²) >= 11 is 1.81. The first-order chi connectivity index (χ1) is 3.89. The van der Waals surface area contributed by atoms with E-state index < -0.39 is 0 Å². The van der Waals surface area contributed by atoms with Gasteiger partial charge in [0.05, 0.1) is 5.88 Å². The predicted octanol–water partition coefficient (Wildman–Crippen LogP) is 2.17. The molecule has 0 aromatic rings. The molecular formula is C6H13NS. The smallest absolute Gasteiger partial charge is 0.0648 e. The maximum Gasteiger partial charge on any atom is 0.0648 e. The molecule has 1 heterocycles. The molecule has 48 valence electrons. The number of thioether (sulfide) groups is 1. The summed E-state index contributed by atoms with van der Waals surface area (Å²) in [7, 11) is 0. The Balaban J connectivity index is 0.000000222. The summed E-state index contributed by atoms with van der Waals surface area (Å²) < 4.78 is 0. The minimum Gasteiger partial charge on any atom is -0.379 e. The average molecular weight is 131 g/mol. The highest BCUT2D eigenvalue weighted by molar-refractivity contribution is 8.02. The fourth-order valence-electron chi connectivity index (χ4n) is 0.364. The summed E-state index contributed by atoms with van der Waals surface area (Å²) in [6.45, 7) is 6.07. The second-order valence-corrected chi connectivity index (χ2v) is 2.15. The highest BCUT2D eigenvalue weighted by Crippen LogP contribution is 2.09. The van der Waals surface area contributed by atoms with Crippen molar-refractivity contribution in [3.63, 3.8) is 0 Å². The maximum absolute atomic E-state index is 3.14. The number of nitrogens with one attached hydrogen (secondary N) is 1. The van der Waals surface area contributed by atoms with E-state index in [1.54, 1.807) is 0 Å². The van der Waals surface area contributed by atoms with E-state index in [9.17, 15) is 0 Å². The summed E-state index contributed by atoms with van der Waals surface area (Å²) in [6.07, 6.45) is 0. The summed E-state index contributed by atoms with van der Waals surface area (Å²) in [6, 6.07) is 0. The zero-order valence-electron chi connectivity index (χ0n) is 5.69. The molecule has 0 spiro atoms. The highest BCUT2D eigenvalue weighted by atomic mass is 32.2. The second-order valence-electron chi connectivity index (χ2n) is 1.29. The van der Waals surface area contributed by atoms with E-state index in [1.807, 2.05) is 25.6 Å². The molecule has 1 aliphatic heterocycles. The van der Waals surface area contributed by atoms with Crippen molar-refractivity contribution in [1.29, 1.82) is 0 Å². The molecule has 0 unspecified atom stereocenters. The van der Waals surface area contributed by atoms with Gasteiger partial charge in [0.2, 0.25) is 0 Å². The lowest BCUT2D eigenvalue weighted by atomic mass is 10.6. The first-order valence-corrected chi connectivity index (χ1v) is 3.97. The molecule has 0 atom stereocenters. The van der Waals surface area contributed by atoms with Gasteiger partial charge in [-0.1, -0.05) is 13.8 Å². The number of rotatable bonds is 0. The van der Waals surface area contributed by atoms with Gasteiger partial charge in [0.15, 0.2) is 0 Å². The Kier molecular flexibility index (Phi) is 4.97. The number of hydrogen-bond acceptors (Lipinski definition) is 2. The first kappa shape index (κ1) is 7.89. The summed E-state index contributed by atoms with van der Waals surface area (Å²) in [5.74, 6) is 1.06. The van der Waals surface area contributed by atoms with E-state index in [0.29, 0.717) is 0 Å². The molecule has 8 heavy (non-hydrogen) atoms. The van der Waals surface area contributed by atoms with Crippen molar-refractivity contribution >= 4 is 11.8 Å². The molecule has 0 aromatic heterocycles. The third kappa shape index (κ3) is 2.97. The third-order valence-corrected chi connectivity index (χ3v) is 1.53. The van der Waals surface area contributed by atoms with E-state index in [-0.39, 0.29) is 0 Å². The topological polar surface area (TPSA) is 12.0 Å². The van der Waals surface area contributed by atoms with Crippen LogP contribution in [0, 0.1) is 0 Å². The molecule has 2 heteroatoms. The second kappa shape index (κ2) is 5.04. The third-order valence-electron chi connectivity index (χ3n) is 0.694. The van der Waals surface area contributed by atoms with E-state index in [0.717, 1.165) is 5.88 Å². The summed E-state index contributed by atoms with van der Waals surface area (Å²) in [4.78, 5) is 0. The van der Waals surface area contributed by atoms with Crippen molar-refractivity contribution in [3.05, 3.63) is 11.1 Å². The highest BCUT2D eigenvalue weighted by Gasteiger charge is 1.92. The molecule has 0 saturated heterocycles. The minimum atomic E-state index is 1.06. The lowest BCUT2D eigenvalue weighted by molar-refractivity contribution is 0.983. The largest absolute Gasteiger partial charge is 0.379 e. The van der Waals surface area contributed by atoms with Gasteiger partial charge in [-0.25, -0.2) is 0 Å². The maximum atomic E-state index is 3.14. The van der Waals surface area contributed by atoms with Crippen molar-refractivity contribution in [1.82, 2.24) is 5.32 Å². The molecule has 1 rings (SSSR count). The van der Waals surface area contributed by atoms with Crippen LogP contribution in [0.15, 0.2) is 11.1 Å². The summed E-state index contributed by atoms with van der Waals surface area (Å²) in [5, 5.41) is 5.27. The van der Waals surface area contributed by atoms with Crippen LogP contribution in [-0.2, 0) is 0 Å². The molecular weight excluding hydrogens is 118 g/mol. The van der Waals surface area contributed by atoms with Crippen LogP contribution >= 0.6 is 11.8 Å². The van der Waals surface area contributed by atoms with Crippen molar-refractivity contribution < 1.29 is 0 Å². The Hall–Kier alpha value is -0.110. The SMILES string of the molecule is CC.CC1=CSCN1. The Bertz CT molecular complexity index is 78.6. The van der Waals surface area contributed by atoms with E-state index in [2.05, 4.69) is 17.6 Å². The lowest BCUT2D eigenvalue weighted by Gasteiger charge is -1.87. The van der Waals surface area contributed by atoms with Gasteiger partial charge < -0.3 is 5.32 Å². The van der Waals surface area contributed by atoms with Crippen LogP contribution in [0.5, 0.6) is 0 Å². The van der Waals surface area contributed by atoms with Gasteiger partial charge in [-0.3, -0.25) is 0 Å². The Morgan fingerprint density at radius 3 is 2.38 bits per heavy atom. The molecule has 0 bridgehead atoms. The van der Waals surface area contributed by atoms with Crippen LogP contribution in [0.1, 0.15) is 20.8 Å². The molecule has 1 N–H and O–H groups in total. The van der Waals surface area contributed by atoms with Crippen LogP contribution in [0.2, 0.25) is 0 Å². The van der Waals surface area contributed by atoms with Gasteiger partial charge >= 0.3 is 0 Å². The van der Waals surface area contributed by atoms with Gasteiger partial charge in [0, 0.05) is 5.70 Å². The molecule has 0 aliphatic carbocycles. The molecule has 1 nitrogen and oxygen atoms in total. The number of hydrogen-bond donors (Lipinski definition) is 1.